The van der Waals surface area contributed by atoms with Crippen molar-refractivity contribution in [2.24, 2.45) is 0 Å². The molecule has 0 aromatic carbocycles. The molecule has 1 aromatic rings. The first kappa shape index (κ1) is 10.4. The van der Waals surface area contributed by atoms with Crippen molar-refractivity contribution in [1.29, 1.82) is 0 Å². The van der Waals surface area contributed by atoms with Gasteiger partial charge in [0.25, 0.3) is 11.8 Å². The summed E-state index contributed by atoms with van der Waals surface area (Å²) in [6.07, 6.45) is 10.2. The molecule has 82 valence electrons. The van der Waals surface area contributed by atoms with Gasteiger partial charge in [0, 0.05) is 24.4 Å². The number of hydrogen-bond acceptors (Lipinski definition) is 3. The summed E-state index contributed by atoms with van der Waals surface area (Å²) in [6.45, 7) is 0.448. The Hall–Kier alpha value is -2.17. The molecule has 5 heteroatoms. The molecule has 0 saturated heterocycles. The van der Waals surface area contributed by atoms with Gasteiger partial charge in [0.2, 0.25) is 0 Å². The summed E-state index contributed by atoms with van der Waals surface area (Å²) in [7, 11) is 0. The smallest absolute Gasteiger partial charge is 0.253 e. The van der Waals surface area contributed by atoms with Crippen molar-refractivity contribution in [2.45, 2.75) is 6.42 Å². The molecule has 1 aliphatic heterocycles. The molecule has 2 heterocycles. The third-order valence-electron chi connectivity index (χ3n) is 2.25. The zero-order chi connectivity index (χ0) is 11.4. The van der Waals surface area contributed by atoms with Crippen molar-refractivity contribution < 1.29 is 9.59 Å². The van der Waals surface area contributed by atoms with E-state index in [1.165, 1.54) is 17.1 Å². The van der Waals surface area contributed by atoms with Crippen molar-refractivity contribution in [3.05, 3.63) is 36.2 Å². The standard InChI is InChI=1S/C11H11N3O2/c15-10-3-1-2-6-14(10)11(16)5-4-9-7-12-13-8-9/h1,3-5,7-8H,2,6H2,(H,12,13)/b5-4+. The molecule has 0 radical (unpaired) electrons. The van der Waals surface area contributed by atoms with E-state index in [0.717, 1.165) is 12.0 Å². The van der Waals surface area contributed by atoms with Crippen molar-refractivity contribution >= 4 is 17.9 Å². The maximum Gasteiger partial charge on any atom is 0.253 e. The molecule has 0 saturated carbocycles. The molecule has 1 aliphatic rings. The Morgan fingerprint density at radius 3 is 3.12 bits per heavy atom. The number of aromatic nitrogens is 2. The van der Waals surface area contributed by atoms with Gasteiger partial charge in [0.1, 0.15) is 0 Å². The molecule has 2 rings (SSSR count). The number of amides is 2. The SMILES string of the molecule is O=C1C=CCCN1C(=O)/C=C/c1cn[nH]c1. The third kappa shape index (κ3) is 2.25. The van der Waals surface area contributed by atoms with Crippen LogP contribution in [0.25, 0.3) is 6.08 Å². The van der Waals surface area contributed by atoms with E-state index in [1.54, 1.807) is 24.5 Å². The Kier molecular flexibility index (Phi) is 2.95. The molecule has 2 amide bonds. The van der Waals surface area contributed by atoms with Gasteiger partial charge in [0.05, 0.1) is 6.20 Å². The Morgan fingerprint density at radius 1 is 1.56 bits per heavy atom. The van der Waals surface area contributed by atoms with Gasteiger partial charge in [-0.1, -0.05) is 6.08 Å². The number of carbonyl (C=O) groups excluding carboxylic acids is 2. The highest BCUT2D eigenvalue weighted by atomic mass is 16.2. The fourth-order valence-corrected chi connectivity index (χ4v) is 1.42. The normalized spacial score (nSPS) is 16.0. The third-order valence-corrected chi connectivity index (χ3v) is 2.25. The van der Waals surface area contributed by atoms with Crippen LogP contribution in [0.1, 0.15) is 12.0 Å². The number of imide groups is 1. The second-order valence-corrected chi connectivity index (χ2v) is 3.38. The molecule has 16 heavy (non-hydrogen) atoms. The lowest BCUT2D eigenvalue weighted by atomic mass is 10.2. The zero-order valence-electron chi connectivity index (χ0n) is 8.59. The highest BCUT2D eigenvalue weighted by Crippen LogP contribution is 2.05. The number of aromatic amines is 1. The lowest BCUT2D eigenvalue weighted by molar-refractivity contribution is -0.139. The molecule has 1 aromatic heterocycles. The quantitative estimate of drug-likeness (QED) is 0.743. The molecule has 5 nitrogen and oxygen atoms in total. The first-order chi connectivity index (χ1) is 7.77. The summed E-state index contributed by atoms with van der Waals surface area (Å²) in [6, 6.07) is 0. The number of nitrogens with one attached hydrogen (secondary N) is 1. The number of rotatable bonds is 2. The molecular weight excluding hydrogens is 206 g/mol. The van der Waals surface area contributed by atoms with Crippen LogP contribution in [0.4, 0.5) is 0 Å². The second kappa shape index (κ2) is 4.57. The van der Waals surface area contributed by atoms with Crippen molar-refractivity contribution in [3.8, 4) is 0 Å². The zero-order valence-corrected chi connectivity index (χ0v) is 8.59. The van der Waals surface area contributed by atoms with Gasteiger partial charge in [-0.15, -0.1) is 0 Å². The number of hydrogen-bond donors (Lipinski definition) is 1. The lowest BCUT2D eigenvalue weighted by Crippen LogP contribution is -2.37. The van der Waals surface area contributed by atoms with Crippen LogP contribution in [0.15, 0.2) is 30.6 Å². The summed E-state index contributed by atoms with van der Waals surface area (Å²) in [5.41, 5.74) is 0.799. The Labute approximate surface area is 92.4 Å². The molecule has 0 atom stereocenters. The fraction of sp³-hybridized carbons (Fsp3) is 0.182. The van der Waals surface area contributed by atoms with Crippen molar-refractivity contribution in [2.75, 3.05) is 6.54 Å². The van der Waals surface area contributed by atoms with E-state index in [0.29, 0.717) is 6.54 Å². The summed E-state index contributed by atoms with van der Waals surface area (Å²) in [4.78, 5) is 24.2. The van der Waals surface area contributed by atoms with E-state index < -0.39 is 0 Å². The maximum atomic E-state index is 11.7. The van der Waals surface area contributed by atoms with E-state index in [4.69, 9.17) is 0 Å². The van der Waals surface area contributed by atoms with Crippen LogP contribution in [0.2, 0.25) is 0 Å². The molecular formula is C11H11N3O2. The number of carbonyl (C=O) groups is 2. The van der Waals surface area contributed by atoms with E-state index in [2.05, 4.69) is 10.2 Å². The van der Waals surface area contributed by atoms with Gasteiger partial charge < -0.3 is 0 Å². The van der Waals surface area contributed by atoms with Gasteiger partial charge in [-0.2, -0.15) is 5.10 Å². The molecule has 1 N–H and O–H groups in total. The van der Waals surface area contributed by atoms with Crippen LogP contribution in [0.3, 0.4) is 0 Å². The predicted octanol–water partition coefficient (Wildman–Crippen LogP) is 0.738. The highest BCUT2D eigenvalue weighted by molar-refractivity contribution is 6.06. The van der Waals surface area contributed by atoms with Gasteiger partial charge in [-0.05, 0) is 18.6 Å². The van der Waals surface area contributed by atoms with Crippen LogP contribution in [0, 0.1) is 0 Å². The molecule has 0 aliphatic carbocycles. The highest BCUT2D eigenvalue weighted by Gasteiger charge is 2.18. The molecule has 0 bridgehead atoms. The van der Waals surface area contributed by atoms with Crippen molar-refractivity contribution in [3.63, 3.8) is 0 Å². The first-order valence-electron chi connectivity index (χ1n) is 4.96. The molecule has 0 spiro atoms. The maximum absolute atomic E-state index is 11.7. The Balaban J connectivity index is 2.03. The number of H-pyrrole nitrogens is 1. The van der Waals surface area contributed by atoms with Crippen LogP contribution >= 0.6 is 0 Å². The van der Waals surface area contributed by atoms with Crippen LogP contribution in [-0.2, 0) is 9.59 Å². The average molecular weight is 217 g/mol. The van der Waals surface area contributed by atoms with Gasteiger partial charge in [0.15, 0.2) is 0 Å². The molecule has 0 fully saturated rings. The minimum Gasteiger partial charge on any atom is -0.285 e. The topological polar surface area (TPSA) is 66.1 Å². The van der Waals surface area contributed by atoms with E-state index >= 15 is 0 Å². The van der Waals surface area contributed by atoms with E-state index in [9.17, 15) is 9.59 Å². The first-order valence-corrected chi connectivity index (χ1v) is 4.96. The van der Waals surface area contributed by atoms with Crippen molar-refractivity contribution in [1.82, 2.24) is 15.1 Å². The fourth-order valence-electron chi connectivity index (χ4n) is 1.42. The summed E-state index contributed by atoms with van der Waals surface area (Å²) in [5, 5.41) is 6.39. The summed E-state index contributed by atoms with van der Waals surface area (Å²) < 4.78 is 0. The minimum absolute atomic E-state index is 0.256. The van der Waals surface area contributed by atoms with Crippen LogP contribution in [-0.4, -0.2) is 33.5 Å². The lowest BCUT2D eigenvalue weighted by Gasteiger charge is -2.19. The van der Waals surface area contributed by atoms with E-state index in [1.807, 2.05) is 0 Å². The summed E-state index contributed by atoms with van der Waals surface area (Å²) in [5.74, 6) is -0.552. The van der Waals surface area contributed by atoms with Crippen LogP contribution < -0.4 is 0 Å². The number of nitrogens with zero attached hydrogens (tertiary/aromatic N) is 2. The van der Waals surface area contributed by atoms with Crippen LogP contribution in [0.5, 0.6) is 0 Å². The average Bonchev–Trinajstić information content (AvgIpc) is 2.79. The van der Waals surface area contributed by atoms with E-state index in [-0.39, 0.29) is 11.8 Å². The van der Waals surface area contributed by atoms with Gasteiger partial charge in [-0.25, -0.2) is 0 Å². The monoisotopic (exact) mass is 217 g/mol. The largest absolute Gasteiger partial charge is 0.285 e. The minimum atomic E-state index is -0.296. The summed E-state index contributed by atoms with van der Waals surface area (Å²) >= 11 is 0. The van der Waals surface area contributed by atoms with Gasteiger partial charge >= 0.3 is 0 Å². The predicted molar refractivity (Wildman–Crippen MR) is 58.1 cm³/mol. The van der Waals surface area contributed by atoms with Gasteiger partial charge in [-0.3, -0.25) is 19.6 Å². The molecule has 0 unspecified atom stereocenters. The Morgan fingerprint density at radius 2 is 2.44 bits per heavy atom. The second-order valence-electron chi connectivity index (χ2n) is 3.38. The Bertz CT molecular complexity index is 446.